The number of nitrogens with zero attached hydrogens (tertiary/aromatic N) is 4. The predicted octanol–water partition coefficient (Wildman–Crippen LogP) is 2.19. The topological polar surface area (TPSA) is 90.7 Å². The molecule has 1 aliphatic rings. The number of halogens is 1. The van der Waals surface area contributed by atoms with Crippen LogP contribution in [0.3, 0.4) is 0 Å². The summed E-state index contributed by atoms with van der Waals surface area (Å²) < 4.78 is 14.7. The van der Waals surface area contributed by atoms with Gasteiger partial charge in [-0.15, -0.1) is 0 Å². The minimum atomic E-state index is -0.697. The van der Waals surface area contributed by atoms with Gasteiger partial charge in [0.1, 0.15) is 5.82 Å². The van der Waals surface area contributed by atoms with Crippen LogP contribution in [-0.4, -0.2) is 46.7 Å². The predicted molar refractivity (Wildman–Crippen MR) is 124 cm³/mol. The van der Waals surface area contributed by atoms with Crippen molar-refractivity contribution in [2.75, 3.05) is 36.0 Å². The van der Waals surface area contributed by atoms with E-state index < -0.39 is 17.2 Å². The summed E-state index contributed by atoms with van der Waals surface area (Å²) in [7, 11) is 1.52. The number of piperazine rings is 1. The molecular weight excluding hydrogens is 425 g/mol. The summed E-state index contributed by atoms with van der Waals surface area (Å²) in [5.41, 5.74) is 1.28. The van der Waals surface area contributed by atoms with Crippen molar-refractivity contribution in [1.29, 1.82) is 0 Å². The number of anilines is 2. The molecule has 1 aliphatic heterocycles. The van der Waals surface area contributed by atoms with Crippen molar-refractivity contribution in [3.63, 3.8) is 0 Å². The SMILES string of the molecule is Cc1cc(CNC(=O)c2nc(N3CCN(c4ccccc4)CC3)n(C)c(=O)c2O)ccc1F. The highest BCUT2D eigenvalue weighted by atomic mass is 19.1. The van der Waals surface area contributed by atoms with E-state index in [1.807, 2.05) is 23.1 Å². The second-order valence-electron chi connectivity index (χ2n) is 8.05. The first kappa shape index (κ1) is 22.3. The van der Waals surface area contributed by atoms with Crippen LogP contribution in [0, 0.1) is 12.7 Å². The van der Waals surface area contributed by atoms with Crippen molar-refractivity contribution in [1.82, 2.24) is 14.9 Å². The summed E-state index contributed by atoms with van der Waals surface area (Å²) in [6.45, 7) is 4.42. The number of carbonyl (C=O) groups is 1. The Morgan fingerprint density at radius 1 is 1.09 bits per heavy atom. The lowest BCUT2D eigenvalue weighted by molar-refractivity contribution is 0.0942. The molecule has 0 bridgehead atoms. The van der Waals surface area contributed by atoms with E-state index in [1.54, 1.807) is 19.1 Å². The van der Waals surface area contributed by atoms with Gasteiger partial charge in [0.05, 0.1) is 0 Å². The van der Waals surface area contributed by atoms with Gasteiger partial charge in [0.15, 0.2) is 5.69 Å². The maximum absolute atomic E-state index is 13.5. The molecule has 3 aromatic rings. The normalized spacial score (nSPS) is 13.8. The number of aromatic hydroxyl groups is 1. The van der Waals surface area contributed by atoms with E-state index in [0.717, 1.165) is 18.8 Å². The Hall–Kier alpha value is -3.88. The van der Waals surface area contributed by atoms with E-state index in [2.05, 4.69) is 27.3 Å². The average Bonchev–Trinajstić information content (AvgIpc) is 2.84. The molecule has 0 atom stereocenters. The number of aromatic nitrogens is 2. The van der Waals surface area contributed by atoms with Gasteiger partial charge in [-0.2, -0.15) is 0 Å². The number of amides is 1. The van der Waals surface area contributed by atoms with Gasteiger partial charge in [0.2, 0.25) is 11.7 Å². The Morgan fingerprint density at radius 2 is 1.76 bits per heavy atom. The van der Waals surface area contributed by atoms with Gasteiger partial charge in [0, 0.05) is 45.5 Å². The monoisotopic (exact) mass is 451 g/mol. The minimum absolute atomic E-state index is 0.112. The second kappa shape index (κ2) is 9.32. The molecule has 1 saturated heterocycles. The lowest BCUT2D eigenvalue weighted by atomic mass is 10.1. The number of carbonyl (C=O) groups excluding carboxylic acids is 1. The molecule has 2 heterocycles. The zero-order valence-electron chi connectivity index (χ0n) is 18.6. The van der Waals surface area contributed by atoms with Crippen LogP contribution in [0.25, 0.3) is 0 Å². The van der Waals surface area contributed by atoms with Crippen LogP contribution in [-0.2, 0) is 13.6 Å². The Balaban J connectivity index is 1.51. The van der Waals surface area contributed by atoms with E-state index >= 15 is 0 Å². The number of hydrogen-bond donors (Lipinski definition) is 2. The van der Waals surface area contributed by atoms with E-state index in [9.17, 15) is 19.1 Å². The van der Waals surface area contributed by atoms with E-state index in [0.29, 0.717) is 30.2 Å². The molecule has 2 aromatic carbocycles. The summed E-state index contributed by atoms with van der Waals surface area (Å²) in [5.74, 6) is -1.37. The van der Waals surface area contributed by atoms with Crippen molar-refractivity contribution < 1.29 is 14.3 Å². The molecule has 1 amide bonds. The summed E-state index contributed by atoms with van der Waals surface area (Å²) in [6, 6.07) is 14.6. The van der Waals surface area contributed by atoms with Gasteiger partial charge in [-0.3, -0.25) is 14.2 Å². The van der Waals surface area contributed by atoms with Crippen molar-refractivity contribution in [2.24, 2.45) is 7.05 Å². The molecule has 9 heteroatoms. The van der Waals surface area contributed by atoms with Crippen LogP contribution < -0.4 is 20.7 Å². The highest BCUT2D eigenvalue weighted by Gasteiger charge is 2.25. The van der Waals surface area contributed by atoms with Crippen LogP contribution in [0.4, 0.5) is 16.0 Å². The van der Waals surface area contributed by atoms with E-state index in [4.69, 9.17) is 0 Å². The second-order valence-corrected chi connectivity index (χ2v) is 8.05. The quantitative estimate of drug-likeness (QED) is 0.618. The highest BCUT2D eigenvalue weighted by molar-refractivity contribution is 5.95. The summed E-state index contributed by atoms with van der Waals surface area (Å²) in [4.78, 5) is 33.9. The molecule has 1 aromatic heterocycles. The maximum atomic E-state index is 13.5. The van der Waals surface area contributed by atoms with E-state index in [1.165, 1.54) is 17.7 Å². The molecular formula is C24H26FN5O3. The maximum Gasteiger partial charge on any atom is 0.297 e. The van der Waals surface area contributed by atoms with Gasteiger partial charge in [-0.05, 0) is 36.2 Å². The number of aryl methyl sites for hydroxylation is 1. The fourth-order valence-corrected chi connectivity index (χ4v) is 3.91. The summed E-state index contributed by atoms with van der Waals surface area (Å²) in [6.07, 6.45) is 0. The molecule has 172 valence electrons. The van der Waals surface area contributed by atoms with E-state index in [-0.39, 0.29) is 18.1 Å². The number of para-hydroxylation sites is 1. The van der Waals surface area contributed by atoms with Gasteiger partial charge in [-0.25, -0.2) is 9.37 Å². The van der Waals surface area contributed by atoms with Crippen molar-refractivity contribution in [3.05, 3.63) is 81.5 Å². The van der Waals surface area contributed by atoms with Gasteiger partial charge in [-0.1, -0.05) is 30.3 Å². The fourth-order valence-electron chi connectivity index (χ4n) is 3.91. The lowest BCUT2D eigenvalue weighted by Gasteiger charge is -2.37. The fraction of sp³-hybridized carbons (Fsp3) is 0.292. The smallest absolute Gasteiger partial charge is 0.297 e. The zero-order valence-corrected chi connectivity index (χ0v) is 18.6. The van der Waals surface area contributed by atoms with Gasteiger partial charge < -0.3 is 20.2 Å². The molecule has 0 aliphatic carbocycles. The van der Waals surface area contributed by atoms with Crippen LogP contribution in [0.15, 0.2) is 53.3 Å². The highest BCUT2D eigenvalue weighted by Crippen LogP contribution is 2.20. The van der Waals surface area contributed by atoms with Crippen molar-refractivity contribution >= 4 is 17.5 Å². The van der Waals surface area contributed by atoms with Gasteiger partial charge in [0.25, 0.3) is 11.5 Å². The first-order chi connectivity index (χ1) is 15.8. The minimum Gasteiger partial charge on any atom is -0.501 e. The molecule has 4 rings (SSSR count). The summed E-state index contributed by atoms with van der Waals surface area (Å²) in [5, 5.41) is 13.0. The molecule has 0 radical (unpaired) electrons. The average molecular weight is 452 g/mol. The Morgan fingerprint density at radius 3 is 2.42 bits per heavy atom. The largest absolute Gasteiger partial charge is 0.501 e. The van der Waals surface area contributed by atoms with Crippen molar-refractivity contribution in [2.45, 2.75) is 13.5 Å². The van der Waals surface area contributed by atoms with Crippen LogP contribution in [0.2, 0.25) is 0 Å². The number of rotatable bonds is 5. The molecule has 2 N–H and O–H groups in total. The first-order valence-electron chi connectivity index (χ1n) is 10.7. The number of hydrogen-bond acceptors (Lipinski definition) is 6. The molecule has 8 nitrogen and oxygen atoms in total. The third-order valence-electron chi connectivity index (χ3n) is 5.82. The molecule has 0 unspecified atom stereocenters. The van der Waals surface area contributed by atoms with Crippen LogP contribution >= 0.6 is 0 Å². The Kier molecular flexibility index (Phi) is 6.30. The molecule has 0 saturated carbocycles. The molecule has 0 spiro atoms. The third kappa shape index (κ3) is 4.67. The molecule has 33 heavy (non-hydrogen) atoms. The Bertz CT molecular complexity index is 1220. The Labute approximate surface area is 190 Å². The van der Waals surface area contributed by atoms with Crippen LogP contribution in [0.5, 0.6) is 5.75 Å². The van der Waals surface area contributed by atoms with Crippen LogP contribution in [0.1, 0.15) is 21.6 Å². The van der Waals surface area contributed by atoms with Gasteiger partial charge >= 0.3 is 0 Å². The third-order valence-corrected chi connectivity index (χ3v) is 5.82. The standard InChI is InChI=1S/C24H26FN5O3/c1-16-14-17(8-9-19(16)25)15-26-22(32)20-21(31)23(33)28(2)24(27-20)30-12-10-29(11-13-30)18-6-4-3-5-7-18/h3-9,14,31H,10-13,15H2,1-2H3,(H,26,32). The lowest BCUT2D eigenvalue weighted by Crippen LogP contribution is -2.48. The zero-order chi connectivity index (χ0) is 23.5. The molecule has 1 fully saturated rings. The first-order valence-corrected chi connectivity index (χ1v) is 10.7. The summed E-state index contributed by atoms with van der Waals surface area (Å²) >= 11 is 0. The number of benzene rings is 2. The number of nitrogens with one attached hydrogen (secondary N) is 1. The van der Waals surface area contributed by atoms with Crippen molar-refractivity contribution in [3.8, 4) is 5.75 Å².